The minimum absolute atomic E-state index is 0.106. The first-order chi connectivity index (χ1) is 8.95. The molecule has 0 amide bonds. The van der Waals surface area contributed by atoms with E-state index >= 15 is 0 Å². The highest BCUT2D eigenvalue weighted by atomic mass is 16.1. The van der Waals surface area contributed by atoms with Crippen LogP contribution in [0, 0.1) is 11.8 Å². The normalized spacial score (nSPS) is 13.0. The van der Waals surface area contributed by atoms with E-state index in [1.807, 2.05) is 13.8 Å². The highest BCUT2D eigenvalue weighted by molar-refractivity contribution is 5.80. The molecule has 2 nitrogen and oxygen atoms in total. The molecule has 1 rings (SSSR count). The maximum Gasteiger partial charge on any atom is 0.135 e. The molecule has 2 N–H and O–H groups in total. The number of hydrogen-bond donors (Lipinski definition) is 1. The van der Waals surface area contributed by atoms with Crippen molar-refractivity contribution in [3.63, 3.8) is 0 Å². The average molecular weight is 261 g/mol. The molecule has 0 aliphatic rings. The molecule has 0 radical (unpaired) electrons. The molecule has 0 spiro atoms. The van der Waals surface area contributed by atoms with Gasteiger partial charge < -0.3 is 5.73 Å². The van der Waals surface area contributed by atoms with Crippen LogP contribution in [0.25, 0.3) is 0 Å². The molecule has 1 aromatic rings. The maximum absolute atomic E-state index is 11.9. The molecule has 0 fully saturated rings. The highest BCUT2D eigenvalue weighted by Crippen LogP contribution is 2.23. The Balaban J connectivity index is 2.78. The zero-order chi connectivity index (χ0) is 14.4. The summed E-state index contributed by atoms with van der Waals surface area (Å²) in [5, 5.41) is 0. The number of ketones is 1. The second kappa shape index (κ2) is 7.44. The number of carbonyl (C=O) groups is 1. The molecule has 0 aromatic heterocycles. The van der Waals surface area contributed by atoms with Crippen LogP contribution in [0.15, 0.2) is 24.3 Å². The van der Waals surface area contributed by atoms with Crippen molar-refractivity contribution in [1.29, 1.82) is 0 Å². The maximum atomic E-state index is 11.9. The molecule has 0 heterocycles. The Hall–Kier alpha value is -1.15. The van der Waals surface area contributed by atoms with Gasteiger partial charge in [0, 0.05) is 12.3 Å². The quantitative estimate of drug-likeness (QED) is 0.815. The molecule has 106 valence electrons. The van der Waals surface area contributed by atoms with Gasteiger partial charge in [-0.05, 0) is 35.9 Å². The van der Waals surface area contributed by atoms with Crippen LogP contribution >= 0.6 is 0 Å². The number of rotatable bonds is 7. The van der Waals surface area contributed by atoms with Gasteiger partial charge in [0.1, 0.15) is 5.78 Å². The number of hydrogen-bond acceptors (Lipinski definition) is 2. The van der Waals surface area contributed by atoms with E-state index in [4.69, 9.17) is 5.73 Å². The molecular weight excluding hydrogens is 234 g/mol. The largest absolute Gasteiger partial charge is 0.330 e. The monoisotopic (exact) mass is 261 g/mol. The summed E-state index contributed by atoms with van der Waals surface area (Å²) < 4.78 is 0. The highest BCUT2D eigenvalue weighted by Gasteiger charge is 2.17. The Labute approximate surface area is 117 Å². The molecule has 2 heteroatoms. The zero-order valence-electron chi connectivity index (χ0n) is 12.6. The van der Waals surface area contributed by atoms with E-state index < -0.39 is 0 Å². The van der Waals surface area contributed by atoms with Crippen LogP contribution in [0.3, 0.4) is 0 Å². The van der Waals surface area contributed by atoms with Gasteiger partial charge in [0.2, 0.25) is 0 Å². The SMILES string of the molecule is CC(C)C(=O)C[C@@H](CN)Cc1ccccc1C(C)C. The Morgan fingerprint density at radius 2 is 1.79 bits per heavy atom. The van der Waals surface area contributed by atoms with Crippen LogP contribution in [-0.2, 0) is 11.2 Å². The molecule has 0 aliphatic carbocycles. The smallest absolute Gasteiger partial charge is 0.135 e. The number of benzene rings is 1. The second-order valence-electron chi connectivity index (χ2n) is 5.98. The van der Waals surface area contributed by atoms with Crippen molar-refractivity contribution >= 4 is 5.78 Å². The van der Waals surface area contributed by atoms with Gasteiger partial charge in [0.25, 0.3) is 0 Å². The Kier molecular flexibility index (Phi) is 6.23. The van der Waals surface area contributed by atoms with Gasteiger partial charge in [-0.25, -0.2) is 0 Å². The van der Waals surface area contributed by atoms with Gasteiger partial charge >= 0.3 is 0 Å². The molecule has 0 bridgehead atoms. The van der Waals surface area contributed by atoms with Crippen molar-refractivity contribution in [1.82, 2.24) is 0 Å². The van der Waals surface area contributed by atoms with Crippen LogP contribution in [0.1, 0.15) is 51.2 Å². The first-order valence-corrected chi connectivity index (χ1v) is 7.26. The standard InChI is InChI=1S/C17H27NO/c1-12(2)16-8-6-5-7-15(16)9-14(11-18)10-17(19)13(3)4/h5-8,12-14H,9-11,18H2,1-4H3/t14-/m0/s1. The molecule has 19 heavy (non-hydrogen) atoms. The summed E-state index contributed by atoms with van der Waals surface area (Å²) in [4.78, 5) is 11.9. The summed E-state index contributed by atoms with van der Waals surface area (Å²) in [7, 11) is 0. The summed E-state index contributed by atoms with van der Waals surface area (Å²) >= 11 is 0. The predicted molar refractivity (Wildman–Crippen MR) is 81.2 cm³/mol. The van der Waals surface area contributed by atoms with E-state index in [9.17, 15) is 4.79 Å². The fourth-order valence-corrected chi connectivity index (χ4v) is 2.35. The van der Waals surface area contributed by atoms with Crippen LogP contribution in [0.4, 0.5) is 0 Å². The first kappa shape index (κ1) is 15.9. The third kappa shape index (κ3) is 4.79. The van der Waals surface area contributed by atoms with Crippen molar-refractivity contribution in [3.05, 3.63) is 35.4 Å². The first-order valence-electron chi connectivity index (χ1n) is 7.26. The third-order valence-corrected chi connectivity index (χ3v) is 3.65. The van der Waals surface area contributed by atoms with E-state index in [0.717, 1.165) is 6.42 Å². The van der Waals surface area contributed by atoms with E-state index in [1.54, 1.807) is 0 Å². The summed E-state index contributed by atoms with van der Waals surface area (Å²) in [6, 6.07) is 8.49. The van der Waals surface area contributed by atoms with Crippen LogP contribution in [0.2, 0.25) is 0 Å². The molecule has 1 atom stereocenters. The molecule has 0 saturated carbocycles. The lowest BCUT2D eigenvalue weighted by Crippen LogP contribution is -2.23. The van der Waals surface area contributed by atoms with Crippen molar-refractivity contribution in [2.24, 2.45) is 17.6 Å². The lowest BCUT2D eigenvalue weighted by Gasteiger charge is -2.19. The fraction of sp³-hybridized carbons (Fsp3) is 0.588. The van der Waals surface area contributed by atoms with Crippen molar-refractivity contribution in [2.75, 3.05) is 6.54 Å². The number of carbonyl (C=O) groups excluding carboxylic acids is 1. The summed E-state index contributed by atoms with van der Waals surface area (Å²) in [6.07, 6.45) is 1.50. The molecule has 0 saturated heterocycles. The van der Waals surface area contributed by atoms with Crippen LogP contribution in [-0.4, -0.2) is 12.3 Å². The summed E-state index contributed by atoms with van der Waals surface area (Å²) in [6.45, 7) is 8.89. The number of nitrogens with two attached hydrogens (primary N) is 1. The third-order valence-electron chi connectivity index (χ3n) is 3.65. The molecule has 0 aliphatic heterocycles. The van der Waals surface area contributed by atoms with Gasteiger partial charge in [-0.15, -0.1) is 0 Å². The Morgan fingerprint density at radius 1 is 1.16 bits per heavy atom. The van der Waals surface area contributed by atoms with Gasteiger partial charge in [-0.2, -0.15) is 0 Å². The lowest BCUT2D eigenvalue weighted by molar-refractivity contribution is -0.122. The zero-order valence-corrected chi connectivity index (χ0v) is 12.6. The van der Waals surface area contributed by atoms with Crippen molar-refractivity contribution in [3.8, 4) is 0 Å². The molecule has 1 aromatic carbocycles. The van der Waals surface area contributed by atoms with E-state index in [2.05, 4.69) is 38.1 Å². The predicted octanol–water partition coefficient (Wildman–Crippen LogP) is 3.54. The molecule has 0 unspecified atom stereocenters. The van der Waals surface area contributed by atoms with E-state index in [1.165, 1.54) is 11.1 Å². The average Bonchev–Trinajstić information content (AvgIpc) is 2.37. The molecular formula is C17H27NO. The van der Waals surface area contributed by atoms with Gasteiger partial charge in [0.15, 0.2) is 0 Å². The van der Waals surface area contributed by atoms with Crippen molar-refractivity contribution in [2.45, 2.75) is 46.5 Å². The van der Waals surface area contributed by atoms with Gasteiger partial charge in [-0.3, -0.25) is 4.79 Å². The number of Topliss-reactive ketones (excluding diaryl/α,β-unsaturated/α-hetero) is 1. The van der Waals surface area contributed by atoms with Crippen molar-refractivity contribution < 1.29 is 4.79 Å². The Morgan fingerprint density at radius 3 is 2.32 bits per heavy atom. The minimum Gasteiger partial charge on any atom is -0.330 e. The van der Waals surface area contributed by atoms with E-state index in [-0.39, 0.29) is 11.8 Å². The topological polar surface area (TPSA) is 43.1 Å². The summed E-state index contributed by atoms with van der Waals surface area (Å²) in [5.74, 6) is 1.19. The Bertz CT molecular complexity index is 409. The van der Waals surface area contributed by atoms with Crippen LogP contribution in [0.5, 0.6) is 0 Å². The minimum atomic E-state index is 0.106. The summed E-state index contributed by atoms with van der Waals surface area (Å²) in [5.41, 5.74) is 8.55. The second-order valence-corrected chi connectivity index (χ2v) is 5.98. The van der Waals surface area contributed by atoms with Crippen LogP contribution < -0.4 is 5.73 Å². The van der Waals surface area contributed by atoms with Gasteiger partial charge in [0.05, 0.1) is 0 Å². The van der Waals surface area contributed by atoms with Gasteiger partial charge in [-0.1, -0.05) is 52.0 Å². The lowest BCUT2D eigenvalue weighted by atomic mass is 9.87. The fourth-order valence-electron chi connectivity index (χ4n) is 2.35. The van der Waals surface area contributed by atoms with E-state index in [0.29, 0.717) is 24.7 Å².